The first-order chi connectivity index (χ1) is 8.31. The predicted octanol–water partition coefficient (Wildman–Crippen LogP) is 3.74. The summed E-state index contributed by atoms with van der Waals surface area (Å²) in [5.74, 6) is 0.843. The van der Waals surface area contributed by atoms with E-state index in [9.17, 15) is 0 Å². The zero-order chi connectivity index (χ0) is 11.7. The maximum Gasteiger partial charge on any atom is 0.193 e. The molecule has 2 heterocycles. The van der Waals surface area contributed by atoms with Crippen LogP contribution in [0, 0.1) is 0 Å². The number of hydrogen-bond acceptors (Lipinski definition) is 3. The van der Waals surface area contributed by atoms with E-state index in [1.165, 1.54) is 0 Å². The molecule has 3 nitrogen and oxygen atoms in total. The molecule has 0 atom stereocenters. The minimum atomic E-state index is 0.491. The van der Waals surface area contributed by atoms with Crippen molar-refractivity contribution in [3.05, 3.63) is 52.2 Å². The lowest BCUT2D eigenvalue weighted by Crippen LogP contribution is -1.95. The van der Waals surface area contributed by atoms with Gasteiger partial charge < -0.3 is 4.74 Å². The van der Waals surface area contributed by atoms with E-state index in [1.54, 1.807) is 11.3 Å². The number of nitrogens with zero attached hydrogens (tertiary/aromatic N) is 2. The quantitative estimate of drug-likeness (QED) is 0.737. The SMILES string of the molecule is Brc1cccc(OCc2cn3ccsc3n2)c1. The number of fused-ring (bicyclic) bond motifs is 1. The highest BCUT2D eigenvalue weighted by Gasteiger charge is 2.03. The van der Waals surface area contributed by atoms with Crippen LogP contribution in [0.1, 0.15) is 5.69 Å². The zero-order valence-electron chi connectivity index (χ0n) is 8.84. The molecule has 0 fully saturated rings. The van der Waals surface area contributed by atoms with Gasteiger partial charge in [0.15, 0.2) is 4.96 Å². The second-order valence-electron chi connectivity index (χ2n) is 3.57. The Bertz CT molecular complexity index is 618. The molecule has 0 N–H and O–H groups in total. The fourth-order valence-electron chi connectivity index (χ4n) is 1.56. The molecular weight excluding hydrogens is 300 g/mol. The highest BCUT2D eigenvalue weighted by atomic mass is 79.9. The highest BCUT2D eigenvalue weighted by molar-refractivity contribution is 9.10. The number of ether oxygens (including phenoxy) is 1. The smallest absolute Gasteiger partial charge is 0.193 e. The summed E-state index contributed by atoms with van der Waals surface area (Å²) in [4.78, 5) is 5.45. The molecule has 17 heavy (non-hydrogen) atoms. The van der Waals surface area contributed by atoms with E-state index in [2.05, 4.69) is 20.9 Å². The Morgan fingerprint density at radius 3 is 3.18 bits per heavy atom. The van der Waals surface area contributed by atoms with Crippen molar-refractivity contribution in [2.75, 3.05) is 0 Å². The highest BCUT2D eigenvalue weighted by Crippen LogP contribution is 2.19. The van der Waals surface area contributed by atoms with E-state index in [-0.39, 0.29) is 0 Å². The molecule has 0 radical (unpaired) electrons. The van der Waals surface area contributed by atoms with Crippen LogP contribution in [0.2, 0.25) is 0 Å². The molecule has 1 aromatic carbocycles. The van der Waals surface area contributed by atoms with Crippen LogP contribution in [-0.2, 0) is 6.61 Å². The monoisotopic (exact) mass is 308 g/mol. The van der Waals surface area contributed by atoms with Gasteiger partial charge in [-0.3, -0.25) is 4.40 Å². The van der Waals surface area contributed by atoms with Gasteiger partial charge in [0.2, 0.25) is 0 Å². The molecule has 0 saturated carbocycles. The second-order valence-corrected chi connectivity index (χ2v) is 5.36. The van der Waals surface area contributed by atoms with E-state index in [4.69, 9.17) is 4.74 Å². The lowest BCUT2D eigenvalue weighted by molar-refractivity contribution is 0.302. The van der Waals surface area contributed by atoms with Gasteiger partial charge >= 0.3 is 0 Å². The fraction of sp³-hybridized carbons (Fsp3) is 0.0833. The minimum absolute atomic E-state index is 0.491. The predicted molar refractivity (Wildman–Crippen MR) is 71.5 cm³/mol. The van der Waals surface area contributed by atoms with Crippen LogP contribution in [0.4, 0.5) is 0 Å². The largest absolute Gasteiger partial charge is 0.487 e. The molecule has 0 aliphatic rings. The first-order valence-electron chi connectivity index (χ1n) is 5.11. The Kier molecular flexibility index (Phi) is 2.86. The summed E-state index contributed by atoms with van der Waals surface area (Å²) in [6.45, 7) is 0.491. The standard InChI is InChI=1S/C12H9BrN2OS/c13-9-2-1-3-11(6-9)16-8-10-7-15-4-5-17-12(15)14-10/h1-7H,8H2. The molecule has 5 heteroatoms. The van der Waals surface area contributed by atoms with Gasteiger partial charge in [-0.1, -0.05) is 22.0 Å². The van der Waals surface area contributed by atoms with Crippen molar-refractivity contribution in [2.45, 2.75) is 6.61 Å². The van der Waals surface area contributed by atoms with Crippen LogP contribution in [0.3, 0.4) is 0 Å². The van der Waals surface area contributed by atoms with Gasteiger partial charge in [0.05, 0.1) is 5.69 Å². The Labute approximate surface area is 111 Å². The average molecular weight is 309 g/mol. The number of aromatic nitrogens is 2. The number of imidazole rings is 1. The van der Waals surface area contributed by atoms with Crippen LogP contribution in [0.25, 0.3) is 4.96 Å². The van der Waals surface area contributed by atoms with Crippen molar-refractivity contribution in [1.82, 2.24) is 9.38 Å². The summed E-state index contributed by atoms with van der Waals surface area (Å²) in [5, 5.41) is 2.02. The summed E-state index contributed by atoms with van der Waals surface area (Å²) >= 11 is 5.03. The van der Waals surface area contributed by atoms with E-state index >= 15 is 0 Å². The van der Waals surface area contributed by atoms with E-state index in [1.807, 2.05) is 46.4 Å². The third-order valence-electron chi connectivity index (χ3n) is 2.33. The molecular formula is C12H9BrN2OS. The Morgan fingerprint density at radius 2 is 2.35 bits per heavy atom. The van der Waals surface area contributed by atoms with E-state index in [0.29, 0.717) is 6.61 Å². The lowest BCUT2D eigenvalue weighted by atomic mass is 10.3. The number of hydrogen-bond donors (Lipinski definition) is 0. The molecule has 0 spiro atoms. The van der Waals surface area contributed by atoms with E-state index in [0.717, 1.165) is 20.9 Å². The lowest BCUT2D eigenvalue weighted by Gasteiger charge is -2.03. The van der Waals surface area contributed by atoms with Gasteiger partial charge in [-0.05, 0) is 18.2 Å². The summed E-state index contributed by atoms with van der Waals surface area (Å²) in [6, 6.07) is 7.80. The first kappa shape index (κ1) is 10.8. The third-order valence-corrected chi connectivity index (χ3v) is 3.59. The van der Waals surface area contributed by atoms with Crippen molar-refractivity contribution in [3.63, 3.8) is 0 Å². The Balaban J connectivity index is 1.74. The van der Waals surface area contributed by atoms with Gasteiger partial charge in [-0.2, -0.15) is 0 Å². The van der Waals surface area contributed by atoms with Crippen molar-refractivity contribution in [3.8, 4) is 5.75 Å². The molecule has 86 valence electrons. The van der Waals surface area contributed by atoms with Crippen LogP contribution < -0.4 is 4.74 Å². The fourth-order valence-corrected chi connectivity index (χ4v) is 2.66. The molecule has 0 unspecified atom stereocenters. The molecule has 0 aliphatic carbocycles. The minimum Gasteiger partial charge on any atom is -0.487 e. The zero-order valence-corrected chi connectivity index (χ0v) is 11.2. The summed E-state index contributed by atoms with van der Waals surface area (Å²) in [5.41, 5.74) is 0.942. The summed E-state index contributed by atoms with van der Waals surface area (Å²) in [7, 11) is 0. The molecule has 2 aromatic heterocycles. The van der Waals surface area contributed by atoms with Crippen molar-refractivity contribution >= 4 is 32.2 Å². The number of rotatable bonds is 3. The van der Waals surface area contributed by atoms with Gasteiger partial charge in [-0.25, -0.2) is 4.98 Å². The molecule has 0 aliphatic heterocycles. The number of benzene rings is 1. The van der Waals surface area contributed by atoms with Gasteiger partial charge in [-0.15, -0.1) is 11.3 Å². The van der Waals surface area contributed by atoms with Crippen molar-refractivity contribution in [1.29, 1.82) is 0 Å². The number of halogens is 1. The van der Waals surface area contributed by atoms with Gasteiger partial charge in [0.25, 0.3) is 0 Å². The van der Waals surface area contributed by atoms with Crippen LogP contribution in [0.5, 0.6) is 5.75 Å². The van der Waals surface area contributed by atoms with Crippen LogP contribution >= 0.6 is 27.3 Å². The Morgan fingerprint density at radius 1 is 1.41 bits per heavy atom. The molecule has 3 aromatic rings. The average Bonchev–Trinajstić information content (AvgIpc) is 2.86. The first-order valence-corrected chi connectivity index (χ1v) is 6.78. The maximum atomic E-state index is 5.67. The molecule has 3 rings (SSSR count). The van der Waals surface area contributed by atoms with E-state index < -0.39 is 0 Å². The molecule has 0 bridgehead atoms. The third kappa shape index (κ3) is 2.35. The van der Waals surface area contributed by atoms with Crippen molar-refractivity contribution < 1.29 is 4.74 Å². The number of thiazole rings is 1. The molecule has 0 amide bonds. The van der Waals surface area contributed by atoms with Gasteiger partial charge in [0, 0.05) is 22.2 Å². The van der Waals surface area contributed by atoms with Gasteiger partial charge in [0.1, 0.15) is 12.4 Å². The normalized spacial score (nSPS) is 10.9. The maximum absolute atomic E-state index is 5.67. The summed E-state index contributed by atoms with van der Waals surface area (Å²) in [6.07, 6.45) is 3.99. The van der Waals surface area contributed by atoms with Crippen molar-refractivity contribution in [2.24, 2.45) is 0 Å². The topological polar surface area (TPSA) is 26.5 Å². The van der Waals surface area contributed by atoms with Crippen LogP contribution in [-0.4, -0.2) is 9.38 Å². The molecule has 0 saturated heterocycles. The Hall–Kier alpha value is -1.33. The summed E-state index contributed by atoms with van der Waals surface area (Å²) < 4.78 is 8.69. The van der Waals surface area contributed by atoms with Crippen LogP contribution in [0.15, 0.2) is 46.5 Å². The second kappa shape index (κ2) is 4.50.